The first kappa shape index (κ1) is 22.7. The highest BCUT2D eigenvalue weighted by Gasteiger charge is 2.20. The molecule has 0 unspecified atom stereocenters. The highest BCUT2D eigenvalue weighted by Crippen LogP contribution is 2.32. The fourth-order valence-electron chi connectivity index (χ4n) is 2.97. The normalized spacial score (nSPS) is 15.8. The molecule has 2 heterocycles. The van der Waals surface area contributed by atoms with Crippen molar-refractivity contribution in [3.8, 4) is 11.5 Å². The summed E-state index contributed by atoms with van der Waals surface area (Å²) in [5, 5.41) is 13.6. The minimum absolute atomic E-state index is 0. The maximum absolute atomic E-state index is 5.78. The molecule has 1 fully saturated rings. The van der Waals surface area contributed by atoms with Gasteiger partial charge in [0.15, 0.2) is 17.5 Å². The number of benzene rings is 1. The quantitative estimate of drug-likeness (QED) is 0.200. The Morgan fingerprint density at radius 3 is 2.87 bits per heavy atom. The topological polar surface area (TPSA) is 92.8 Å². The van der Waals surface area contributed by atoms with Crippen LogP contribution in [0.3, 0.4) is 0 Å². The number of nitrogens with one attached hydrogen (secondary N) is 3. The number of halogens is 1. The molecule has 1 aliphatic heterocycles. The number of nitrogens with zero attached hydrogens (tertiary/aromatic N) is 2. The molecule has 3 N–H and O–H groups in total. The summed E-state index contributed by atoms with van der Waals surface area (Å²) in [6.07, 6.45) is 6.19. The van der Waals surface area contributed by atoms with Crippen molar-refractivity contribution in [2.24, 2.45) is 10.9 Å². The lowest BCUT2D eigenvalue weighted by atomic mass is 10.2. The van der Waals surface area contributed by atoms with E-state index in [2.05, 4.69) is 25.8 Å². The molecule has 4 rings (SSSR count). The second-order valence-electron chi connectivity index (χ2n) is 7.38. The first-order chi connectivity index (χ1) is 14.4. The molecule has 0 amide bonds. The number of anilines is 1. The lowest BCUT2D eigenvalue weighted by Gasteiger charge is -2.14. The number of rotatable bonds is 9. The fourth-order valence-corrected chi connectivity index (χ4v) is 2.97. The van der Waals surface area contributed by atoms with Gasteiger partial charge in [0.25, 0.3) is 0 Å². The minimum atomic E-state index is 0. The summed E-state index contributed by atoms with van der Waals surface area (Å²) in [4.78, 5) is 4.66. The van der Waals surface area contributed by atoms with Gasteiger partial charge >= 0.3 is 0 Å². The Morgan fingerprint density at radius 2 is 2.07 bits per heavy atom. The number of guanidine groups is 1. The summed E-state index contributed by atoms with van der Waals surface area (Å²) < 4.78 is 17.2. The number of aliphatic imine (C=N–C) groups is 1. The van der Waals surface area contributed by atoms with Gasteiger partial charge in [-0.2, -0.15) is 5.10 Å². The Hall–Kier alpha value is -2.01. The van der Waals surface area contributed by atoms with Crippen LogP contribution in [0.2, 0.25) is 0 Å². The van der Waals surface area contributed by atoms with Crippen molar-refractivity contribution in [1.29, 1.82) is 0 Å². The van der Waals surface area contributed by atoms with E-state index in [1.165, 1.54) is 12.8 Å². The molecule has 9 heteroatoms. The van der Waals surface area contributed by atoms with E-state index in [1.807, 2.05) is 24.3 Å². The highest BCUT2D eigenvalue weighted by molar-refractivity contribution is 14.0. The number of aromatic amines is 1. The van der Waals surface area contributed by atoms with Crippen LogP contribution in [-0.2, 0) is 11.3 Å². The van der Waals surface area contributed by atoms with Crippen molar-refractivity contribution in [2.45, 2.75) is 32.2 Å². The zero-order valence-corrected chi connectivity index (χ0v) is 19.4. The summed E-state index contributed by atoms with van der Waals surface area (Å²) in [6.45, 7) is 4.30. The second kappa shape index (κ2) is 12.0. The number of hydrogen-bond acceptors (Lipinski definition) is 5. The van der Waals surface area contributed by atoms with Crippen molar-refractivity contribution >= 4 is 35.6 Å². The zero-order chi connectivity index (χ0) is 19.7. The first-order valence-corrected chi connectivity index (χ1v) is 10.4. The Labute approximate surface area is 194 Å². The molecule has 1 aromatic heterocycles. The third-order valence-electron chi connectivity index (χ3n) is 4.78. The summed E-state index contributed by atoms with van der Waals surface area (Å²) >= 11 is 0. The standard InChI is InChI=1S/C21H29N5O3.HI/c1(10-27-15-16-3-4-16)8-22-21(23-14-18-7-9-24-26-18)25-17-5-6-19-20(13-17)29-12-2-11-28-19;/h5-7,9,13,16H,1-4,8,10-12,14-15H2,(H,24,26)(H2,22,23,25);1H. The van der Waals surface area contributed by atoms with Crippen molar-refractivity contribution in [3.63, 3.8) is 0 Å². The molecule has 0 atom stereocenters. The summed E-state index contributed by atoms with van der Waals surface area (Å²) in [5.41, 5.74) is 1.85. The van der Waals surface area contributed by atoms with Gasteiger partial charge in [-0.15, -0.1) is 24.0 Å². The van der Waals surface area contributed by atoms with Crippen molar-refractivity contribution in [3.05, 3.63) is 36.2 Å². The third kappa shape index (κ3) is 7.35. The molecule has 2 aromatic rings. The molecule has 1 aliphatic carbocycles. The van der Waals surface area contributed by atoms with Crippen molar-refractivity contribution in [2.75, 3.05) is 38.3 Å². The number of hydrogen-bond donors (Lipinski definition) is 3. The second-order valence-corrected chi connectivity index (χ2v) is 7.38. The van der Waals surface area contributed by atoms with Crippen LogP contribution >= 0.6 is 24.0 Å². The lowest BCUT2D eigenvalue weighted by molar-refractivity contribution is 0.123. The number of H-pyrrole nitrogens is 1. The molecule has 0 bridgehead atoms. The van der Waals surface area contributed by atoms with Gasteiger partial charge < -0.3 is 24.8 Å². The lowest BCUT2D eigenvalue weighted by Crippen LogP contribution is -2.32. The van der Waals surface area contributed by atoms with Crippen LogP contribution in [0.15, 0.2) is 35.5 Å². The van der Waals surface area contributed by atoms with Gasteiger partial charge in [0.1, 0.15) is 0 Å². The van der Waals surface area contributed by atoms with Crippen LogP contribution < -0.4 is 20.1 Å². The van der Waals surface area contributed by atoms with Crippen LogP contribution in [0.1, 0.15) is 31.4 Å². The van der Waals surface area contributed by atoms with Crippen LogP contribution in [0.5, 0.6) is 11.5 Å². The Kier molecular flexibility index (Phi) is 9.06. The van der Waals surface area contributed by atoms with Gasteiger partial charge in [0.2, 0.25) is 0 Å². The van der Waals surface area contributed by atoms with E-state index < -0.39 is 0 Å². The minimum Gasteiger partial charge on any atom is -0.490 e. The predicted octanol–water partition coefficient (Wildman–Crippen LogP) is 3.56. The van der Waals surface area contributed by atoms with Gasteiger partial charge in [0.05, 0.1) is 25.5 Å². The van der Waals surface area contributed by atoms with Crippen LogP contribution in [-0.4, -0.2) is 49.1 Å². The number of aromatic nitrogens is 2. The average molecular weight is 527 g/mol. The van der Waals surface area contributed by atoms with Crippen molar-refractivity contribution in [1.82, 2.24) is 15.5 Å². The maximum Gasteiger partial charge on any atom is 0.196 e. The van der Waals surface area contributed by atoms with Crippen LogP contribution in [0.25, 0.3) is 0 Å². The van der Waals surface area contributed by atoms with E-state index in [9.17, 15) is 0 Å². The monoisotopic (exact) mass is 527 g/mol. The highest BCUT2D eigenvalue weighted by atomic mass is 127. The average Bonchev–Trinajstić information content (AvgIpc) is 3.47. The molecule has 8 nitrogen and oxygen atoms in total. The molecule has 164 valence electrons. The zero-order valence-electron chi connectivity index (χ0n) is 17.1. The Morgan fingerprint density at radius 1 is 1.20 bits per heavy atom. The molecule has 0 radical (unpaired) electrons. The molecule has 1 saturated carbocycles. The molecule has 1 aromatic carbocycles. The fraction of sp³-hybridized carbons (Fsp3) is 0.524. The Bertz CT molecular complexity index is 796. The van der Waals surface area contributed by atoms with E-state index >= 15 is 0 Å². The van der Waals surface area contributed by atoms with E-state index in [4.69, 9.17) is 14.2 Å². The maximum atomic E-state index is 5.78. The molecule has 0 saturated heterocycles. The smallest absolute Gasteiger partial charge is 0.196 e. The molecule has 30 heavy (non-hydrogen) atoms. The van der Waals surface area contributed by atoms with E-state index in [-0.39, 0.29) is 24.0 Å². The van der Waals surface area contributed by atoms with Crippen LogP contribution in [0.4, 0.5) is 5.69 Å². The Balaban J connectivity index is 0.00000256. The largest absolute Gasteiger partial charge is 0.490 e. The van der Waals surface area contributed by atoms with Gasteiger partial charge in [-0.25, -0.2) is 4.99 Å². The van der Waals surface area contributed by atoms with Gasteiger partial charge in [-0.1, -0.05) is 0 Å². The summed E-state index contributed by atoms with van der Waals surface area (Å²) in [6, 6.07) is 7.77. The van der Waals surface area contributed by atoms with E-state index in [0.717, 1.165) is 61.4 Å². The molecule has 0 spiro atoms. The van der Waals surface area contributed by atoms with Crippen molar-refractivity contribution < 1.29 is 14.2 Å². The van der Waals surface area contributed by atoms with Gasteiger partial charge in [0, 0.05) is 44.1 Å². The SMILES string of the molecule is I.c1cc(CN=C(NCCCOCC2CC2)Nc2ccc3c(c2)OCCCO3)[nH]n1. The van der Waals surface area contributed by atoms with E-state index in [1.54, 1.807) is 6.20 Å². The molecular formula is C21H30IN5O3. The molecule has 2 aliphatic rings. The van der Waals surface area contributed by atoms with Gasteiger partial charge in [-0.05, 0) is 43.4 Å². The van der Waals surface area contributed by atoms with Gasteiger partial charge in [-0.3, -0.25) is 5.10 Å². The van der Waals surface area contributed by atoms with Crippen LogP contribution in [0, 0.1) is 5.92 Å². The third-order valence-corrected chi connectivity index (χ3v) is 4.78. The first-order valence-electron chi connectivity index (χ1n) is 10.4. The summed E-state index contributed by atoms with van der Waals surface area (Å²) in [5.74, 6) is 3.05. The van der Waals surface area contributed by atoms with E-state index in [0.29, 0.717) is 25.7 Å². The number of fused-ring (bicyclic) bond motifs is 1. The molecular weight excluding hydrogens is 497 g/mol. The predicted molar refractivity (Wildman–Crippen MR) is 127 cm³/mol. The number of ether oxygens (including phenoxy) is 3. The summed E-state index contributed by atoms with van der Waals surface area (Å²) in [7, 11) is 0.